The van der Waals surface area contributed by atoms with Crippen LogP contribution in [-0.4, -0.2) is 45.2 Å². The molecule has 1 N–H and O–H groups in total. The number of hydrogen-bond donors (Lipinski definition) is 1. The first-order valence-electron chi connectivity index (χ1n) is 7.19. The number of carboxylic acids is 1. The Kier molecular flexibility index (Phi) is 4.40. The van der Waals surface area contributed by atoms with Gasteiger partial charge in [0, 0.05) is 23.6 Å². The smallest absolute Gasteiger partial charge is 0.320 e. The van der Waals surface area contributed by atoms with Crippen LogP contribution in [0.2, 0.25) is 5.02 Å². The minimum Gasteiger partial charge on any atom is -0.480 e. The van der Waals surface area contributed by atoms with E-state index in [0.717, 1.165) is 18.5 Å². The van der Waals surface area contributed by atoms with Crippen molar-refractivity contribution in [2.24, 2.45) is 0 Å². The maximum absolute atomic E-state index is 11.1. The Hall–Kier alpha value is -1.92. The summed E-state index contributed by atoms with van der Waals surface area (Å²) in [5.41, 5.74) is 0.837. The number of hydrogen-bond acceptors (Lipinski definition) is 5. The van der Waals surface area contributed by atoms with Gasteiger partial charge in [-0.2, -0.15) is 4.98 Å². The molecule has 0 amide bonds. The Morgan fingerprint density at radius 3 is 2.91 bits per heavy atom. The highest BCUT2D eigenvalue weighted by Gasteiger charge is 2.30. The zero-order valence-corrected chi connectivity index (χ0v) is 12.7. The SMILES string of the molecule is O=C(O)[C@H]1CCCN1CCc1nc(-c2ccc(Cl)cc2)no1. The molecule has 3 rings (SSSR count). The van der Waals surface area contributed by atoms with E-state index in [4.69, 9.17) is 21.2 Å². The van der Waals surface area contributed by atoms with Gasteiger partial charge < -0.3 is 9.63 Å². The Labute approximate surface area is 132 Å². The lowest BCUT2D eigenvalue weighted by Crippen LogP contribution is -2.37. The predicted molar refractivity (Wildman–Crippen MR) is 80.7 cm³/mol. The molecule has 2 aromatic rings. The quantitative estimate of drug-likeness (QED) is 0.911. The Morgan fingerprint density at radius 2 is 2.18 bits per heavy atom. The number of carboxylic acid groups (broad SMARTS) is 1. The molecule has 1 fully saturated rings. The molecule has 22 heavy (non-hydrogen) atoms. The lowest BCUT2D eigenvalue weighted by atomic mass is 10.2. The first-order valence-corrected chi connectivity index (χ1v) is 7.56. The van der Waals surface area contributed by atoms with E-state index >= 15 is 0 Å². The Balaban J connectivity index is 1.62. The second-order valence-corrected chi connectivity index (χ2v) is 5.74. The van der Waals surface area contributed by atoms with Crippen LogP contribution < -0.4 is 0 Å². The number of likely N-dealkylation sites (tertiary alicyclic amines) is 1. The van der Waals surface area contributed by atoms with Crippen molar-refractivity contribution >= 4 is 17.6 Å². The summed E-state index contributed by atoms with van der Waals surface area (Å²) in [5, 5.41) is 13.8. The van der Waals surface area contributed by atoms with Gasteiger partial charge in [-0.3, -0.25) is 9.69 Å². The third kappa shape index (κ3) is 3.28. The van der Waals surface area contributed by atoms with Crippen LogP contribution in [0.5, 0.6) is 0 Å². The van der Waals surface area contributed by atoms with E-state index in [-0.39, 0.29) is 0 Å². The zero-order valence-electron chi connectivity index (χ0n) is 11.9. The third-order valence-corrected chi connectivity index (χ3v) is 4.08. The molecule has 1 saturated heterocycles. The number of benzene rings is 1. The number of rotatable bonds is 5. The molecule has 1 aromatic carbocycles. The van der Waals surface area contributed by atoms with Crippen molar-refractivity contribution in [3.8, 4) is 11.4 Å². The van der Waals surface area contributed by atoms with Gasteiger partial charge in [0.25, 0.3) is 0 Å². The molecule has 0 radical (unpaired) electrons. The molecule has 0 bridgehead atoms. The summed E-state index contributed by atoms with van der Waals surface area (Å²) in [6.07, 6.45) is 2.16. The molecule has 0 unspecified atom stereocenters. The molecule has 1 aromatic heterocycles. The van der Waals surface area contributed by atoms with E-state index in [1.807, 2.05) is 17.0 Å². The van der Waals surface area contributed by atoms with Crippen LogP contribution in [-0.2, 0) is 11.2 Å². The Bertz CT molecular complexity index is 656. The largest absolute Gasteiger partial charge is 0.480 e. The van der Waals surface area contributed by atoms with E-state index in [9.17, 15) is 4.79 Å². The van der Waals surface area contributed by atoms with Gasteiger partial charge in [0.1, 0.15) is 6.04 Å². The van der Waals surface area contributed by atoms with Crippen LogP contribution in [0.4, 0.5) is 0 Å². The van der Waals surface area contributed by atoms with Gasteiger partial charge in [-0.25, -0.2) is 0 Å². The van der Waals surface area contributed by atoms with Crippen LogP contribution in [0, 0.1) is 0 Å². The lowest BCUT2D eigenvalue weighted by molar-refractivity contribution is -0.142. The standard InChI is InChI=1S/C15H16ClN3O3/c16-11-5-3-10(4-6-11)14-17-13(22-18-14)7-9-19-8-1-2-12(19)15(20)21/h3-6,12H,1-2,7-9H2,(H,20,21)/t12-/m1/s1. The molecule has 0 aliphatic carbocycles. The molecular weight excluding hydrogens is 306 g/mol. The number of carbonyl (C=O) groups is 1. The first kappa shape index (κ1) is 15.0. The second-order valence-electron chi connectivity index (χ2n) is 5.30. The third-order valence-electron chi connectivity index (χ3n) is 3.83. The fourth-order valence-electron chi connectivity index (χ4n) is 2.69. The lowest BCUT2D eigenvalue weighted by Gasteiger charge is -2.19. The van der Waals surface area contributed by atoms with Crippen LogP contribution >= 0.6 is 11.6 Å². The van der Waals surface area contributed by atoms with E-state index in [1.54, 1.807) is 12.1 Å². The highest BCUT2D eigenvalue weighted by Crippen LogP contribution is 2.20. The second kappa shape index (κ2) is 6.46. The highest BCUT2D eigenvalue weighted by molar-refractivity contribution is 6.30. The molecule has 0 saturated carbocycles. The molecule has 1 aliphatic rings. The first-order chi connectivity index (χ1) is 10.6. The van der Waals surface area contributed by atoms with Gasteiger partial charge in [-0.1, -0.05) is 16.8 Å². The summed E-state index contributed by atoms with van der Waals surface area (Å²) in [6.45, 7) is 1.41. The predicted octanol–water partition coefficient (Wildman–Crippen LogP) is 2.48. The van der Waals surface area contributed by atoms with E-state index in [1.165, 1.54) is 0 Å². The molecule has 1 atom stereocenters. The summed E-state index contributed by atoms with van der Waals surface area (Å²) < 4.78 is 5.24. The van der Waals surface area contributed by atoms with Crippen LogP contribution in [0.25, 0.3) is 11.4 Å². The maximum Gasteiger partial charge on any atom is 0.320 e. The van der Waals surface area contributed by atoms with Gasteiger partial charge in [-0.05, 0) is 43.7 Å². The summed E-state index contributed by atoms with van der Waals surface area (Å²) in [7, 11) is 0. The monoisotopic (exact) mass is 321 g/mol. The normalized spacial score (nSPS) is 18.7. The topological polar surface area (TPSA) is 79.5 Å². The van der Waals surface area contributed by atoms with E-state index in [0.29, 0.717) is 36.1 Å². The van der Waals surface area contributed by atoms with Crippen molar-refractivity contribution < 1.29 is 14.4 Å². The van der Waals surface area contributed by atoms with Crippen molar-refractivity contribution in [1.82, 2.24) is 15.0 Å². The molecule has 1 aliphatic heterocycles. The van der Waals surface area contributed by atoms with Crippen molar-refractivity contribution in [3.63, 3.8) is 0 Å². The highest BCUT2D eigenvalue weighted by atomic mass is 35.5. The average molecular weight is 322 g/mol. The zero-order chi connectivity index (χ0) is 15.5. The van der Waals surface area contributed by atoms with Crippen molar-refractivity contribution in [2.75, 3.05) is 13.1 Å². The minimum atomic E-state index is -0.759. The fraction of sp³-hybridized carbons (Fsp3) is 0.400. The Morgan fingerprint density at radius 1 is 1.41 bits per heavy atom. The minimum absolute atomic E-state index is 0.390. The van der Waals surface area contributed by atoms with E-state index < -0.39 is 12.0 Å². The van der Waals surface area contributed by atoms with Crippen molar-refractivity contribution in [2.45, 2.75) is 25.3 Å². The molecule has 2 heterocycles. The molecular formula is C15H16ClN3O3. The molecule has 116 valence electrons. The average Bonchev–Trinajstić information content (AvgIpc) is 3.15. The summed E-state index contributed by atoms with van der Waals surface area (Å²) >= 11 is 5.85. The summed E-state index contributed by atoms with van der Waals surface area (Å²) in [4.78, 5) is 17.4. The molecule has 0 spiro atoms. The number of nitrogens with zero attached hydrogens (tertiary/aromatic N) is 3. The van der Waals surface area contributed by atoms with Gasteiger partial charge in [0.15, 0.2) is 0 Å². The van der Waals surface area contributed by atoms with Gasteiger partial charge >= 0.3 is 5.97 Å². The fourth-order valence-corrected chi connectivity index (χ4v) is 2.81. The van der Waals surface area contributed by atoms with E-state index in [2.05, 4.69) is 10.1 Å². The van der Waals surface area contributed by atoms with Gasteiger partial charge in [0.2, 0.25) is 11.7 Å². The summed E-state index contributed by atoms with van der Waals surface area (Å²) in [5.74, 6) is 0.272. The van der Waals surface area contributed by atoms with Crippen molar-refractivity contribution in [3.05, 3.63) is 35.2 Å². The maximum atomic E-state index is 11.1. The summed E-state index contributed by atoms with van der Waals surface area (Å²) in [6, 6.07) is 6.82. The van der Waals surface area contributed by atoms with Crippen LogP contribution in [0.3, 0.4) is 0 Å². The number of halogens is 1. The van der Waals surface area contributed by atoms with Crippen molar-refractivity contribution in [1.29, 1.82) is 0 Å². The van der Waals surface area contributed by atoms with Crippen LogP contribution in [0.15, 0.2) is 28.8 Å². The van der Waals surface area contributed by atoms with Gasteiger partial charge in [0.05, 0.1) is 0 Å². The van der Waals surface area contributed by atoms with Crippen LogP contribution in [0.1, 0.15) is 18.7 Å². The van der Waals surface area contributed by atoms with Gasteiger partial charge in [-0.15, -0.1) is 0 Å². The molecule has 7 heteroatoms. The molecule has 6 nitrogen and oxygen atoms in total. The number of aromatic nitrogens is 2. The number of aliphatic carboxylic acids is 1.